The average molecular weight is 122 g/mol. The average Bonchev–Trinajstić information content (AvgIpc) is 1.91. The maximum Gasteiger partial charge on any atom is 0.0324 e. The molecule has 1 heteroatoms. The van der Waals surface area contributed by atoms with Gasteiger partial charge < -0.3 is 5.32 Å². The zero-order valence-corrected chi connectivity index (χ0v) is 5.51. The number of rotatable bonds is 2. The summed E-state index contributed by atoms with van der Waals surface area (Å²) in [5.41, 5.74) is 0. The van der Waals surface area contributed by atoms with Crippen molar-refractivity contribution in [3.8, 4) is 0 Å². The van der Waals surface area contributed by atoms with Crippen LogP contribution in [-0.4, -0.2) is 6.04 Å². The minimum atomic E-state index is 0.521. The lowest BCUT2D eigenvalue weighted by molar-refractivity contribution is 0.635. The van der Waals surface area contributed by atoms with Gasteiger partial charge in [-0.1, -0.05) is 12.2 Å². The number of hydrogen-bond acceptors (Lipinski definition) is 1. The van der Waals surface area contributed by atoms with Gasteiger partial charge in [0.25, 0.3) is 0 Å². The summed E-state index contributed by atoms with van der Waals surface area (Å²) in [6.45, 7) is 3.67. The van der Waals surface area contributed by atoms with E-state index in [2.05, 4.69) is 24.4 Å². The highest BCUT2D eigenvalue weighted by molar-refractivity contribution is 5.01. The van der Waals surface area contributed by atoms with Crippen molar-refractivity contribution in [3.05, 3.63) is 31.4 Å². The Balaban J connectivity index is 2.26. The van der Waals surface area contributed by atoms with Crippen molar-refractivity contribution in [2.24, 2.45) is 0 Å². The second-order valence-corrected chi connectivity index (χ2v) is 2.17. The highest BCUT2D eigenvalue weighted by atomic mass is 14.9. The topological polar surface area (TPSA) is 12.0 Å². The third-order valence-corrected chi connectivity index (χ3v) is 1.41. The molecule has 0 fully saturated rings. The smallest absolute Gasteiger partial charge is 0.0324 e. The molecule has 1 aliphatic heterocycles. The Morgan fingerprint density at radius 3 is 3.22 bits per heavy atom. The van der Waals surface area contributed by atoms with E-state index in [4.69, 9.17) is 0 Å². The van der Waals surface area contributed by atoms with Gasteiger partial charge in [0.1, 0.15) is 0 Å². The Hall–Kier alpha value is -0.720. The van der Waals surface area contributed by atoms with Crippen molar-refractivity contribution in [1.29, 1.82) is 0 Å². The molecule has 1 radical (unpaired) electrons. The molecule has 1 heterocycles. The lowest BCUT2D eigenvalue weighted by Crippen LogP contribution is -2.26. The molecule has 1 aliphatic rings. The Labute approximate surface area is 56.5 Å². The summed E-state index contributed by atoms with van der Waals surface area (Å²) >= 11 is 0. The second-order valence-electron chi connectivity index (χ2n) is 2.17. The maximum absolute atomic E-state index is 3.67. The van der Waals surface area contributed by atoms with Crippen molar-refractivity contribution in [1.82, 2.24) is 5.32 Å². The molecule has 0 aromatic heterocycles. The fourth-order valence-electron chi connectivity index (χ4n) is 0.914. The molecule has 0 saturated carbocycles. The van der Waals surface area contributed by atoms with Gasteiger partial charge in [0.15, 0.2) is 0 Å². The van der Waals surface area contributed by atoms with E-state index < -0.39 is 0 Å². The largest absolute Gasteiger partial charge is 0.388 e. The van der Waals surface area contributed by atoms with Gasteiger partial charge in [-0.25, -0.2) is 0 Å². The summed E-state index contributed by atoms with van der Waals surface area (Å²) in [5.74, 6) is 0. The zero-order chi connectivity index (χ0) is 6.53. The molecule has 1 nitrogen and oxygen atoms in total. The molecule has 9 heavy (non-hydrogen) atoms. The molecule has 0 bridgehead atoms. The maximum atomic E-state index is 3.67. The summed E-state index contributed by atoms with van der Waals surface area (Å²) in [6, 6.07) is 0.521. The number of hydrogen-bond donors (Lipinski definition) is 1. The monoisotopic (exact) mass is 122 g/mol. The summed E-state index contributed by atoms with van der Waals surface area (Å²) < 4.78 is 0. The molecule has 1 N–H and O–H groups in total. The van der Waals surface area contributed by atoms with Crippen LogP contribution in [0.15, 0.2) is 24.9 Å². The van der Waals surface area contributed by atoms with Crippen molar-refractivity contribution in [2.45, 2.75) is 18.9 Å². The molecule has 1 atom stereocenters. The number of nitrogens with one attached hydrogen (secondary N) is 1. The molecule has 1 rings (SSSR count). The SMILES string of the molecule is C=CCC1[CH]CC=CN1. The van der Waals surface area contributed by atoms with E-state index in [1.807, 2.05) is 12.3 Å². The highest BCUT2D eigenvalue weighted by Crippen LogP contribution is 2.05. The van der Waals surface area contributed by atoms with Gasteiger partial charge in [-0.15, -0.1) is 6.58 Å². The van der Waals surface area contributed by atoms with E-state index in [-0.39, 0.29) is 0 Å². The molecule has 1 unspecified atom stereocenters. The highest BCUT2D eigenvalue weighted by Gasteiger charge is 2.05. The van der Waals surface area contributed by atoms with Crippen molar-refractivity contribution in [2.75, 3.05) is 0 Å². The Morgan fingerprint density at radius 1 is 1.78 bits per heavy atom. The standard InChI is InChI=1S/C8H12N/c1-2-5-8-6-3-4-7-9-8/h2,4,6-9H,1,3,5H2. The van der Waals surface area contributed by atoms with Crippen molar-refractivity contribution < 1.29 is 0 Å². The zero-order valence-electron chi connectivity index (χ0n) is 5.51. The summed E-state index contributed by atoms with van der Waals surface area (Å²) in [5, 5.41) is 3.21. The molecule has 0 aromatic rings. The number of allylic oxidation sites excluding steroid dienone is 1. The fraction of sp³-hybridized carbons (Fsp3) is 0.375. The predicted octanol–water partition coefficient (Wildman–Crippen LogP) is 1.64. The minimum Gasteiger partial charge on any atom is -0.388 e. The van der Waals surface area contributed by atoms with Gasteiger partial charge in [0.05, 0.1) is 0 Å². The fourth-order valence-corrected chi connectivity index (χ4v) is 0.914. The van der Waals surface area contributed by atoms with Gasteiger partial charge in [0.2, 0.25) is 0 Å². The van der Waals surface area contributed by atoms with E-state index in [9.17, 15) is 0 Å². The molecule has 0 saturated heterocycles. The van der Waals surface area contributed by atoms with E-state index in [0.29, 0.717) is 6.04 Å². The van der Waals surface area contributed by atoms with Crippen LogP contribution in [0.5, 0.6) is 0 Å². The lowest BCUT2D eigenvalue weighted by Gasteiger charge is -2.17. The summed E-state index contributed by atoms with van der Waals surface area (Å²) in [7, 11) is 0. The van der Waals surface area contributed by atoms with Gasteiger partial charge >= 0.3 is 0 Å². The van der Waals surface area contributed by atoms with Gasteiger partial charge in [0, 0.05) is 6.04 Å². The van der Waals surface area contributed by atoms with Crippen molar-refractivity contribution in [3.63, 3.8) is 0 Å². The first-order valence-electron chi connectivity index (χ1n) is 3.29. The molecule has 0 aliphatic carbocycles. The Bertz CT molecular complexity index is 116. The van der Waals surface area contributed by atoms with Crippen LogP contribution in [0.3, 0.4) is 0 Å². The molecular weight excluding hydrogens is 110 g/mol. The van der Waals surface area contributed by atoms with Crippen LogP contribution in [0.1, 0.15) is 12.8 Å². The van der Waals surface area contributed by atoms with E-state index in [1.54, 1.807) is 0 Å². The van der Waals surface area contributed by atoms with Crippen LogP contribution in [0.4, 0.5) is 0 Å². The Morgan fingerprint density at radius 2 is 2.67 bits per heavy atom. The molecule has 0 spiro atoms. The lowest BCUT2D eigenvalue weighted by atomic mass is 10.1. The minimum absolute atomic E-state index is 0.521. The molecule has 0 aromatic carbocycles. The quantitative estimate of drug-likeness (QED) is 0.549. The summed E-state index contributed by atoms with van der Waals surface area (Å²) in [6.07, 6.45) is 10.4. The van der Waals surface area contributed by atoms with Gasteiger partial charge in [-0.3, -0.25) is 0 Å². The first-order chi connectivity index (χ1) is 4.43. The first kappa shape index (κ1) is 6.40. The first-order valence-corrected chi connectivity index (χ1v) is 3.29. The van der Waals surface area contributed by atoms with Gasteiger partial charge in [-0.2, -0.15) is 0 Å². The van der Waals surface area contributed by atoms with Crippen LogP contribution in [-0.2, 0) is 0 Å². The molecular formula is C8H12N. The van der Waals surface area contributed by atoms with Crippen LogP contribution in [0.25, 0.3) is 0 Å². The van der Waals surface area contributed by atoms with E-state index in [1.165, 1.54) is 0 Å². The second kappa shape index (κ2) is 3.33. The third kappa shape index (κ3) is 1.92. The van der Waals surface area contributed by atoms with Gasteiger partial charge in [-0.05, 0) is 25.5 Å². The predicted molar refractivity (Wildman–Crippen MR) is 39.8 cm³/mol. The van der Waals surface area contributed by atoms with Crippen LogP contribution >= 0.6 is 0 Å². The summed E-state index contributed by atoms with van der Waals surface area (Å²) in [4.78, 5) is 0. The normalized spacial score (nSPS) is 25.1. The van der Waals surface area contributed by atoms with E-state index >= 15 is 0 Å². The van der Waals surface area contributed by atoms with Crippen molar-refractivity contribution >= 4 is 0 Å². The van der Waals surface area contributed by atoms with Crippen LogP contribution in [0.2, 0.25) is 0 Å². The van der Waals surface area contributed by atoms with Crippen LogP contribution in [0, 0.1) is 6.42 Å². The third-order valence-electron chi connectivity index (χ3n) is 1.41. The molecule has 0 amide bonds. The van der Waals surface area contributed by atoms with E-state index in [0.717, 1.165) is 12.8 Å². The Kier molecular flexibility index (Phi) is 2.37. The van der Waals surface area contributed by atoms with Crippen LogP contribution < -0.4 is 5.32 Å². The molecule has 49 valence electrons.